The lowest BCUT2D eigenvalue weighted by Crippen LogP contribution is -2.30. The minimum absolute atomic E-state index is 0.0186. The van der Waals surface area contributed by atoms with E-state index in [9.17, 15) is 4.79 Å². The maximum atomic E-state index is 11.2. The molecule has 1 aromatic rings. The average Bonchev–Trinajstić information content (AvgIpc) is 2.62. The third-order valence-corrected chi connectivity index (χ3v) is 2.68. The van der Waals surface area contributed by atoms with Crippen molar-refractivity contribution in [2.45, 2.75) is 32.4 Å². The molecular weight excluding hydrogens is 190 g/mol. The van der Waals surface area contributed by atoms with E-state index < -0.39 is 0 Å². The summed E-state index contributed by atoms with van der Waals surface area (Å²) in [5.74, 6) is -0.0269. The van der Waals surface area contributed by atoms with Crippen LogP contribution in [0.2, 0.25) is 0 Å². The van der Waals surface area contributed by atoms with Gasteiger partial charge in [0.2, 0.25) is 5.91 Å². The van der Waals surface area contributed by atoms with E-state index >= 15 is 0 Å². The number of benzene rings is 1. The molecule has 0 N–H and O–H groups in total. The molecule has 0 spiro atoms. The van der Waals surface area contributed by atoms with Crippen LogP contribution < -0.4 is 0 Å². The van der Waals surface area contributed by atoms with Crippen molar-refractivity contribution < 1.29 is 9.63 Å². The van der Waals surface area contributed by atoms with Crippen molar-refractivity contribution in [3.63, 3.8) is 0 Å². The zero-order valence-electron chi connectivity index (χ0n) is 9.01. The Kier molecular flexibility index (Phi) is 2.73. The summed E-state index contributed by atoms with van der Waals surface area (Å²) in [7, 11) is 0. The number of hydrogen-bond donors (Lipinski definition) is 0. The first-order valence-electron chi connectivity index (χ1n) is 5.20. The van der Waals surface area contributed by atoms with Crippen LogP contribution in [0.1, 0.15) is 31.9 Å². The summed E-state index contributed by atoms with van der Waals surface area (Å²) in [5, 5.41) is 1.47. The molecule has 1 amide bonds. The third kappa shape index (κ3) is 2.02. The fourth-order valence-corrected chi connectivity index (χ4v) is 1.94. The first-order valence-corrected chi connectivity index (χ1v) is 5.20. The van der Waals surface area contributed by atoms with E-state index in [1.54, 1.807) is 0 Å². The molecule has 1 saturated heterocycles. The number of hydroxylamine groups is 2. The fraction of sp³-hybridized carbons (Fsp3) is 0.417. The number of amides is 1. The van der Waals surface area contributed by atoms with Crippen LogP contribution in [0.5, 0.6) is 0 Å². The highest BCUT2D eigenvalue weighted by atomic mass is 16.7. The summed E-state index contributed by atoms with van der Waals surface area (Å²) in [5.41, 5.74) is 1.13. The van der Waals surface area contributed by atoms with Crippen molar-refractivity contribution in [2.24, 2.45) is 0 Å². The molecule has 15 heavy (non-hydrogen) atoms. The first-order chi connectivity index (χ1) is 7.18. The van der Waals surface area contributed by atoms with Gasteiger partial charge in [0.15, 0.2) is 0 Å². The molecule has 0 unspecified atom stereocenters. The van der Waals surface area contributed by atoms with E-state index in [1.807, 2.05) is 37.3 Å². The van der Waals surface area contributed by atoms with Crippen LogP contribution in [0.3, 0.4) is 0 Å². The Bertz CT molecular complexity index is 350. The van der Waals surface area contributed by atoms with E-state index in [2.05, 4.69) is 0 Å². The fourth-order valence-electron chi connectivity index (χ4n) is 1.94. The average molecular weight is 205 g/mol. The molecule has 0 saturated carbocycles. The summed E-state index contributed by atoms with van der Waals surface area (Å²) in [6.45, 7) is 3.54. The highest BCUT2D eigenvalue weighted by molar-refractivity contribution is 5.72. The van der Waals surface area contributed by atoms with Crippen LogP contribution in [0, 0.1) is 0 Å². The van der Waals surface area contributed by atoms with Crippen molar-refractivity contribution in [3.8, 4) is 0 Å². The minimum atomic E-state index is -0.0269. The zero-order valence-corrected chi connectivity index (χ0v) is 9.01. The Balaban J connectivity index is 2.13. The second-order valence-electron chi connectivity index (χ2n) is 3.93. The van der Waals surface area contributed by atoms with Gasteiger partial charge in [0.25, 0.3) is 0 Å². The Morgan fingerprint density at radius 3 is 2.60 bits per heavy atom. The Morgan fingerprint density at radius 2 is 2.07 bits per heavy atom. The van der Waals surface area contributed by atoms with Crippen molar-refractivity contribution in [2.75, 3.05) is 0 Å². The SMILES string of the molecule is CC(=O)N1O[C@H](c2ccccc2)C[C@@H]1C. The monoisotopic (exact) mass is 205 g/mol. The topological polar surface area (TPSA) is 29.5 Å². The van der Waals surface area contributed by atoms with Gasteiger partial charge in [0.05, 0.1) is 6.04 Å². The number of nitrogens with zero attached hydrogens (tertiary/aromatic N) is 1. The molecule has 1 aromatic carbocycles. The van der Waals surface area contributed by atoms with Gasteiger partial charge in [0, 0.05) is 13.3 Å². The zero-order chi connectivity index (χ0) is 10.8. The van der Waals surface area contributed by atoms with Crippen molar-refractivity contribution in [1.82, 2.24) is 5.06 Å². The summed E-state index contributed by atoms with van der Waals surface area (Å²) >= 11 is 0. The summed E-state index contributed by atoms with van der Waals surface area (Å²) in [6.07, 6.45) is 0.883. The molecule has 80 valence electrons. The van der Waals surface area contributed by atoms with Crippen LogP contribution >= 0.6 is 0 Å². The highest BCUT2D eigenvalue weighted by Crippen LogP contribution is 2.32. The van der Waals surface area contributed by atoms with E-state index in [0.29, 0.717) is 0 Å². The van der Waals surface area contributed by atoms with Crippen LogP contribution in [0.4, 0.5) is 0 Å². The smallest absolute Gasteiger partial charge is 0.243 e. The number of carbonyl (C=O) groups excluding carboxylic acids is 1. The maximum absolute atomic E-state index is 11.2. The number of hydrogen-bond acceptors (Lipinski definition) is 2. The largest absolute Gasteiger partial charge is 0.273 e. The van der Waals surface area contributed by atoms with E-state index in [1.165, 1.54) is 12.0 Å². The normalized spacial score (nSPS) is 25.6. The van der Waals surface area contributed by atoms with Crippen LogP contribution in [0.15, 0.2) is 30.3 Å². The van der Waals surface area contributed by atoms with Gasteiger partial charge >= 0.3 is 0 Å². The molecular formula is C12H15NO2. The van der Waals surface area contributed by atoms with Gasteiger partial charge in [-0.05, 0) is 12.5 Å². The second-order valence-corrected chi connectivity index (χ2v) is 3.93. The lowest BCUT2D eigenvalue weighted by Gasteiger charge is -2.17. The molecule has 1 fully saturated rings. The summed E-state index contributed by atoms with van der Waals surface area (Å²) < 4.78 is 0. The molecule has 2 atom stereocenters. The predicted octanol–water partition coefficient (Wildman–Crippen LogP) is 2.30. The molecule has 0 radical (unpaired) electrons. The van der Waals surface area contributed by atoms with Gasteiger partial charge < -0.3 is 0 Å². The number of rotatable bonds is 1. The quantitative estimate of drug-likeness (QED) is 0.704. The molecule has 0 aromatic heterocycles. The molecule has 3 nitrogen and oxygen atoms in total. The standard InChI is InChI=1S/C12H15NO2/c1-9-8-12(15-13(9)10(2)14)11-6-4-3-5-7-11/h3-7,9,12H,8H2,1-2H3/t9-,12-/m0/s1. The predicted molar refractivity (Wildman–Crippen MR) is 56.9 cm³/mol. The van der Waals surface area contributed by atoms with Crippen LogP contribution in [-0.4, -0.2) is 17.0 Å². The molecule has 1 aliphatic rings. The van der Waals surface area contributed by atoms with Gasteiger partial charge in [-0.15, -0.1) is 0 Å². The Hall–Kier alpha value is -1.35. The second kappa shape index (κ2) is 4.03. The summed E-state index contributed by atoms with van der Waals surface area (Å²) in [6, 6.07) is 10.2. The van der Waals surface area contributed by atoms with Gasteiger partial charge in [-0.3, -0.25) is 9.63 Å². The minimum Gasteiger partial charge on any atom is -0.273 e. The highest BCUT2D eigenvalue weighted by Gasteiger charge is 2.32. The third-order valence-electron chi connectivity index (χ3n) is 2.68. The van der Waals surface area contributed by atoms with Crippen molar-refractivity contribution in [3.05, 3.63) is 35.9 Å². The van der Waals surface area contributed by atoms with Gasteiger partial charge in [-0.25, -0.2) is 5.06 Å². The summed E-state index contributed by atoms with van der Waals surface area (Å²) in [4.78, 5) is 16.8. The maximum Gasteiger partial charge on any atom is 0.243 e. The van der Waals surface area contributed by atoms with E-state index in [4.69, 9.17) is 4.84 Å². The van der Waals surface area contributed by atoms with E-state index in [-0.39, 0.29) is 18.1 Å². The van der Waals surface area contributed by atoms with Gasteiger partial charge in [-0.1, -0.05) is 30.3 Å². The van der Waals surface area contributed by atoms with Gasteiger partial charge in [-0.2, -0.15) is 0 Å². The number of carbonyl (C=O) groups is 1. The van der Waals surface area contributed by atoms with E-state index in [0.717, 1.165) is 12.0 Å². The molecule has 1 heterocycles. The lowest BCUT2D eigenvalue weighted by atomic mass is 10.0. The lowest BCUT2D eigenvalue weighted by molar-refractivity contribution is -0.185. The molecule has 2 rings (SSSR count). The Morgan fingerprint density at radius 1 is 1.40 bits per heavy atom. The van der Waals surface area contributed by atoms with Crippen LogP contribution in [-0.2, 0) is 9.63 Å². The molecule has 0 aliphatic carbocycles. The van der Waals surface area contributed by atoms with Crippen molar-refractivity contribution >= 4 is 5.91 Å². The molecule has 3 heteroatoms. The van der Waals surface area contributed by atoms with Crippen LogP contribution in [0.25, 0.3) is 0 Å². The van der Waals surface area contributed by atoms with Crippen molar-refractivity contribution in [1.29, 1.82) is 0 Å². The molecule has 1 aliphatic heterocycles. The first kappa shape index (κ1) is 10.2. The Labute approximate surface area is 89.6 Å². The molecule has 0 bridgehead atoms. The van der Waals surface area contributed by atoms with Gasteiger partial charge in [0.1, 0.15) is 6.10 Å².